The number of rotatable bonds is 6. The molecule has 0 aliphatic heterocycles. The number of ketones is 1. The zero-order valence-corrected chi connectivity index (χ0v) is 15.2. The van der Waals surface area contributed by atoms with Gasteiger partial charge in [0.25, 0.3) is 0 Å². The molecule has 0 bridgehead atoms. The maximum absolute atomic E-state index is 12.5. The third-order valence-corrected chi connectivity index (χ3v) is 4.20. The molecule has 2 rings (SSSR count). The average Bonchev–Trinajstić information content (AvgIpc) is 2.80. The van der Waals surface area contributed by atoms with Gasteiger partial charge in [-0.3, -0.25) is 9.48 Å². The molecule has 0 unspecified atom stereocenters. The van der Waals surface area contributed by atoms with E-state index in [2.05, 4.69) is 41.9 Å². The van der Waals surface area contributed by atoms with E-state index in [0.717, 1.165) is 21.1 Å². The van der Waals surface area contributed by atoms with E-state index in [0.29, 0.717) is 18.7 Å². The fraction of sp³-hybridized carbons (Fsp3) is 0.333. The second-order valence-corrected chi connectivity index (χ2v) is 6.86. The number of carbonyl (C=O) groups is 1. The number of carbonyl (C=O) groups excluding carboxylic acids is 1. The number of benzene rings is 1. The molecule has 0 spiro atoms. The van der Waals surface area contributed by atoms with Gasteiger partial charge in [-0.15, -0.1) is 0 Å². The first-order chi connectivity index (χ1) is 9.97. The minimum absolute atomic E-state index is 0.0699. The predicted molar refractivity (Wildman–Crippen MR) is 90.7 cm³/mol. The predicted octanol–water partition coefficient (Wildman–Crippen LogP) is 3.40. The molecule has 0 saturated carbocycles. The zero-order chi connectivity index (χ0) is 15.4. The lowest BCUT2D eigenvalue weighted by Crippen LogP contribution is -2.22. The quantitative estimate of drug-likeness (QED) is 0.680. The molecular formula is C15H17Br2N3O. The monoisotopic (exact) mass is 413 g/mol. The van der Waals surface area contributed by atoms with Crippen molar-refractivity contribution in [1.82, 2.24) is 14.7 Å². The summed E-state index contributed by atoms with van der Waals surface area (Å²) >= 11 is 6.82. The Morgan fingerprint density at radius 1 is 1.24 bits per heavy atom. The zero-order valence-electron chi connectivity index (χ0n) is 12.0. The molecule has 21 heavy (non-hydrogen) atoms. The molecule has 6 heteroatoms. The minimum Gasteiger partial charge on any atom is -0.308 e. The van der Waals surface area contributed by atoms with Gasteiger partial charge >= 0.3 is 0 Å². The van der Waals surface area contributed by atoms with Crippen molar-refractivity contribution in [3.8, 4) is 0 Å². The van der Waals surface area contributed by atoms with E-state index >= 15 is 0 Å². The molecule has 0 radical (unpaired) electrons. The number of nitrogens with zero attached hydrogens (tertiary/aromatic N) is 3. The highest BCUT2D eigenvalue weighted by atomic mass is 79.9. The summed E-state index contributed by atoms with van der Waals surface area (Å²) in [7, 11) is 4.00. The van der Waals surface area contributed by atoms with Crippen LogP contribution in [0, 0.1) is 0 Å². The molecule has 1 aromatic carbocycles. The van der Waals surface area contributed by atoms with Crippen LogP contribution in [-0.2, 0) is 13.0 Å². The molecular weight excluding hydrogens is 398 g/mol. The summed E-state index contributed by atoms with van der Waals surface area (Å²) in [5, 5.41) is 4.28. The van der Waals surface area contributed by atoms with E-state index < -0.39 is 0 Å². The highest BCUT2D eigenvalue weighted by molar-refractivity contribution is 9.10. The molecule has 112 valence electrons. The van der Waals surface area contributed by atoms with Gasteiger partial charge in [-0.1, -0.05) is 28.1 Å². The first-order valence-electron chi connectivity index (χ1n) is 6.61. The van der Waals surface area contributed by atoms with E-state index in [4.69, 9.17) is 0 Å². The van der Waals surface area contributed by atoms with Crippen molar-refractivity contribution in [1.29, 1.82) is 0 Å². The highest BCUT2D eigenvalue weighted by Gasteiger charge is 2.17. The Morgan fingerprint density at radius 3 is 2.52 bits per heavy atom. The average molecular weight is 415 g/mol. The van der Waals surface area contributed by atoms with Gasteiger partial charge in [0.15, 0.2) is 5.78 Å². The van der Waals surface area contributed by atoms with Crippen LogP contribution >= 0.6 is 31.9 Å². The molecule has 0 saturated heterocycles. The molecule has 1 heterocycles. The SMILES string of the molecule is CN(C)CCn1ncc(Br)c1C(=O)Cc1ccc(Br)cc1. The summed E-state index contributed by atoms with van der Waals surface area (Å²) in [6, 6.07) is 7.80. The van der Waals surface area contributed by atoms with Crippen molar-refractivity contribution >= 4 is 37.6 Å². The lowest BCUT2D eigenvalue weighted by molar-refractivity contribution is 0.0981. The van der Waals surface area contributed by atoms with Crippen molar-refractivity contribution < 1.29 is 4.79 Å². The van der Waals surface area contributed by atoms with Gasteiger partial charge in [0.2, 0.25) is 0 Å². The van der Waals surface area contributed by atoms with Crippen molar-refractivity contribution in [2.24, 2.45) is 0 Å². The molecule has 0 aliphatic carbocycles. The normalized spacial score (nSPS) is 11.1. The number of aromatic nitrogens is 2. The van der Waals surface area contributed by atoms with E-state index in [-0.39, 0.29) is 5.78 Å². The van der Waals surface area contributed by atoms with Crippen LogP contribution in [0.2, 0.25) is 0 Å². The molecule has 1 aromatic heterocycles. The smallest absolute Gasteiger partial charge is 0.186 e. The Kier molecular flexibility index (Phi) is 5.72. The van der Waals surface area contributed by atoms with Gasteiger partial charge in [-0.2, -0.15) is 5.10 Å². The largest absolute Gasteiger partial charge is 0.308 e. The van der Waals surface area contributed by atoms with E-state index in [9.17, 15) is 4.79 Å². The molecule has 0 atom stereocenters. The molecule has 0 amide bonds. The van der Waals surface area contributed by atoms with Gasteiger partial charge < -0.3 is 4.90 Å². The number of hydrogen-bond donors (Lipinski definition) is 0. The molecule has 0 N–H and O–H groups in total. The van der Waals surface area contributed by atoms with E-state index in [1.54, 1.807) is 10.9 Å². The Morgan fingerprint density at radius 2 is 1.90 bits per heavy atom. The minimum atomic E-state index is 0.0699. The van der Waals surface area contributed by atoms with Crippen LogP contribution < -0.4 is 0 Å². The maximum atomic E-state index is 12.5. The lowest BCUT2D eigenvalue weighted by Gasteiger charge is -2.11. The van der Waals surface area contributed by atoms with Crippen LogP contribution in [0.4, 0.5) is 0 Å². The van der Waals surface area contributed by atoms with Crippen molar-refractivity contribution in [2.45, 2.75) is 13.0 Å². The summed E-state index contributed by atoms with van der Waals surface area (Å²) in [5.74, 6) is 0.0699. The van der Waals surface area contributed by atoms with E-state index in [1.807, 2.05) is 38.4 Å². The number of hydrogen-bond acceptors (Lipinski definition) is 3. The molecule has 4 nitrogen and oxygen atoms in total. The van der Waals surface area contributed by atoms with Crippen molar-refractivity contribution in [2.75, 3.05) is 20.6 Å². The lowest BCUT2D eigenvalue weighted by atomic mass is 10.1. The fourth-order valence-corrected chi connectivity index (χ4v) is 2.76. The van der Waals surface area contributed by atoms with Crippen LogP contribution in [0.1, 0.15) is 16.1 Å². The second kappa shape index (κ2) is 7.33. The van der Waals surface area contributed by atoms with Gasteiger partial charge in [0.05, 0.1) is 17.2 Å². The number of likely N-dealkylation sites (N-methyl/N-ethyl adjacent to an activating group) is 1. The van der Waals surface area contributed by atoms with Crippen LogP contribution in [0.5, 0.6) is 0 Å². The summed E-state index contributed by atoms with van der Waals surface area (Å²) in [5.41, 5.74) is 1.63. The Hall–Kier alpha value is -0.980. The third kappa shape index (κ3) is 4.49. The van der Waals surface area contributed by atoms with Gasteiger partial charge in [-0.25, -0.2) is 0 Å². The van der Waals surface area contributed by atoms with Crippen LogP contribution in [0.3, 0.4) is 0 Å². The van der Waals surface area contributed by atoms with Crippen LogP contribution in [-0.4, -0.2) is 41.1 Å². The maximum Gasteiger partial charge on any atom is 0.186 e. The number of Topliss-reactive ketones (excluding diaryl/α,β-unsaturated/α-hetero) is 1. The first-order valence-corrected chi connectivity index (χ1v) is 8.19. The van der Waals surface area contributed by atoms with Gasteiger partial charge in [-0.05, 0) is 47.7 Å². The van der Waals surface area contributed by atoms with Crippen LogP contribution in [0.15, 0.2) is 39.4 Å². The number of halogens is 2. The summed E-state index contributed by atoms with van der Waals surface area (Å²) in [4.78, 5) is 14.6. The van der Waals surface area contributed by atoms with Gasteiger partial charge in [0, 0.05) is 17.4 Å². The van der Waals surface area contributed by atoms with Crippen molar-refractivity contribution in [3.05, 3.63) is 50.7 Å². The summed E-state index contributed by atoms with van der Waals surface area (Å²) < 4.78 is 3.53. The summed E-state index contributed by atoms with van der Waals surface area (Å²) in [6.07, 6.45) is 2.06. The Balaban J connectivity index is 2.14. The summed E-state index contributed by atoms with van der Waals surface area (Å²) in [6.45, 7) is 1.53. The van der Waals surface area contributed by atoms with E-state index in [1.165, 1.54) is 0 Å². The topological polar surface area (TPSA) is 38.1 Å². The van der Waals surface area contributed by atoms with Crippen LogP contribution in [0.25, 0.3) is 0 Å². The van der Waals surface area contributed by atoms with Gasteiger partial charge in [0.1, 0.15) is 5.69 Å². The molecule has 0 fully saturated rings. The molecule has 0 aliphatic rings. The Bertz CT molecular complexity index is 620. The first kappa shape index (κ1) is 16.4. The van der Waals surface area contributed by atoms with Crippen molar-refractivity contribution in [3.63, 3.8) is 0 Å². The molecule has 2 aromatic rings. The fourth-order valence-electron chi connectivity index (χ4n) is 1.98. The Labute approximate surface area is 141 Å². The third-order valence-electron chi connectivity index (χ3n) is 3.10. The highest BCUT2D eigenvalue weighted by Crippen LogP contribution is 2.19. The standard InChI is InChI=1S/C15H17Br2N3O/c1-19(2)7-8-20-15(13(17)10-18-20)14(21)9-11-3-5-12(16)6-4-11/h3-6,10H,7-9H2,1-2H3. The second-order valence-electron chi connectivity index (χ2n) is 5.09.